The molecule has 0 radical (unpaired) electrons. The first-order chi connectivity index (χ1) is 11.3. The quantitative estimate of drug-likeness (QED) is 0.882. The lowest BCUT2D eigenvalue weighted by molar-refractivity contribution is 0.822. The fourth-order valence-corrected chi connectivity index (χ4v) is 2.96. The Morgan fingerprint density at radius 1 is 1.04 bits per heavy atom. The Labute approximate surface area is 138 Å². The summed E-state index contributed by atoms with van der Waals surface area (Å²) >= 11 is 0. The number of nitrogens with zero attached hydrogens (tertiary/aromatic N) is 4. The summed E-state index contributed by atoms with van der Waals surface area (Å²) in [7, 11) is 0. The van der Waals surface area contributed by atoms with E-state index in [9.17, 15) is 0 Å². The van der Waals surface area contributed by atoms with Gasteiger partial charge < -0.3 is 15.1 Å². The van der Waals surface area contributed by atoms with Gasteiger partial charge in [0.1, 0.15) is 5.82 Å². The second kappa shape index (κ2) is 7.31. The number of anilines is 4. The van der Waals surface area contributed by atoms with Crippen molar-refractivity contribution in [3.63, 3.8) is 0 Å². The van der Waals surface area contributed by atoms with Crippen molar-refractivity contribution in [2.75, 3.05) is 41.3 Å². The van der Waals surface area contributed by atoms with E-state index in [0.717, 1.165) is 30.5 Å². The number of nitrogens with one attached hydrogen (secondary N) is 1. The summed E-state index contributed by atoms with van der Waals surface area (Å²) in [6, 6.07) is 10.5. The summed E-state index contributed by atoms with van der Waals surface area (Å²) in [4.78, 5) is 13.5. The zero-order valence-electron chi connectivity index (χ0n) is 14.0. The van der Waals surface area contributed by atoms with E-state index in [1.54, 1.807) is 0 Å². The summed E-state index contributed by atoms with van der Waals surface area (Å²) in [5.74, 6) is 1.60. The van der Waals surface area contributed by atoms with Gasteiger partial charge in [0.25, 0.3) is 0 Å². The van der Waals surface area contributed by atoms with Gasteiger partial charge in [0.2, 0.25) is 5.95 Å². The molecule has 0 atom stereocenters. The highest BCUT2D eigenvalue weighted by atomic mass is 15.3. The maximum absolute atomic E-state index is 4.60. The van der Waals surface area contributed by atoms with Crippen LogP contribution in [0.1, 0.15) is 26.7 Å². The molecule has 0 saturated carbocycles. The van der Waals surface area contributed by atoms with Gasteiger partial charge in [-0.1, -0.05) is 0 Å². The van der Waals surface area contributed by atoms with Crippen molar-refractivity contribution in [2.45, 2.75) is 26.7 Å². The molecule has 1 saturated heterocycles. The van der Waals surface area contributed by atoms with E-state index in [0.29, 0.717) is 0 Å². The van der Waals surface area contributed by atoms with E-state index in [2.05, 4.69) is 63.2 Å². The lowest BCUT2D eigenvalue weighted by Crippen LogP contribution is -2.24. The van der Waals surface area contributed by atoms with Crippen LogP contribution < -0.4 is 15.1 Å². The molecule has 0 aliphatic carbocycles. The van der Waals surface area contributed by atoms with Crippen LogP contribution in [0.4, 0.5) is 23.1 Å². The van der Waals surface area contributed by atoms with Gasteiger partial charge in [0.05, 0.1) is 0 Å². The molecule has 5 nitrogen and oxygen atoms in total. The molecule has 1 aliphatic rings. The topological polar surface area (TPSA) is 44.3 Å². The smallest absolute Gasteiger partial charge is 0.227 e. The Hall–Kier alpha value is -2.30. The first-order valence-corrected chi connectivity index (χ1v) is 8.50. The lowest BCUT2D eigenvalue weighted by Gasteiger charge is -2.19. The fraction of sp³-hybridized carbons (Fsp3) is 0.444. The van der Waals surface area contributed by atoms with Crippen molar-refractivity contribution >= 4 is 23.1 Å². The van der Waals surface area contributed by atoms with E-state index in [-0.39, 0.29) is 0 Å². The number of aromatic nitrogens is 2. The van der Waals surface area contributed by atoms with Crippen LogP contribution >= 0.6 is 0 Å². The Bertz CT molecular complexity index is 616. The zero-order chi connectivity index (χ0) is 16.1. The Morgan fingerprint density at radius 3 is 2.39 bits per heavy atom. The summed E-state index contributed by atoms with van der Waals surface area (Å²) in [5.41, 5.74) is 2.36. The van der Waals surface area contributed by atoms with Crippen molar-refractivity contribution < 1.29 is 0 Å². The van der Waals surface area contributed by atoms with Gasteiger partial charge >= 0.3 is 0 Å². The highest BCUT2D eigenvalue weighted by Crippen LogP contribution is 2.23. The molecule has 2 aromatic rings. The van der Waals surface area contributed by atoms with Crippen LogP contribution in [0.2, 0.25) is 0 Å². The molecule has 1 aliphatic heterocycles. The number of hydrogen-bond acceptors (Lipinski definition) is 5. The van der Waals surface area contributed by atoms with E-state index in [1.807, 2.05) is 12.3 Å². The third kappa shape index (κ3) is 3.73. The van der Waals surface area contributed by atoms with Crippen molar-refractivity contribution in [1.29, 1.82) is 0 Å². The highest BCUT2D eigenvalue weighted by molar-refractivity contribution is 5.61. The van der Waals surface area contributed by atoms with Crippen LogP contribution in [-0.4, -0.2) is 36.1 Å². The third-order valence-electron chi connectivity index (χ3n) is 4.30. The summed E-state index contributed by atoms with van der Waals surface area (Å²) in [5, 5.41) is 3.37. The van der Waals surface area contributed by atoms with Crippen LogP contribution in [0.25, 0.3) is 0 Å². The monoisotopic (exact) mass is 311 g/mol. The van der Waals surface area contributed by atoms with E-state index >= 15 is 0 Å². The average molecular weight is 311 g/mol. The molecule has 23 heavy (non-hydrogen) atoms. The molecular formula is C18H25N5. The first kappa shape index (κ1) is 15.6. The van der Waals surface area contributed by atoms with Crippen LogP contribution in [0.15, 0.2) is 36.5 Å². The molecule has 0 amide bonds. The van der Waals surface area contributed by atoms with Gasteiger partial charge in [0, 0.05) is 43.8 Å². The molecule has 1 aromatic heterocycles. The maximum atomic E-state index is 4.60. The second-order valence-corrected chi connectivity index (χ2v) is 5.78. The third-order valence-corrected chi connectivity index (χ3v) is 4.30. The predicted octanol–water partition coefficient (Wildman–Crippen LogP) is 3.67. The molecule has 1 fully saturated rings. The van der Waals surface area contributed by atoms with Crippen molar-refractivity contribution in [3.8, 4) is 0 Å². The average Bonchev–Trinajstić information content (AvgIpc) is 3.12. The van der Waals surface area contributed by atoms with E-state index < -0.39 is 0 Å². The van der Waals surface area contributed by atoms with Gasteiger partial charge in [-0.2, -0.15) is 4.98 Å². The van der Waals surface area contributed by atoms with Gasteiger partial charge in [-0.25, -0.2) is 4.98 Å². The minimum atomic E-state index is 0.772. The van der Waals surface area contributed by atoms with E-state index in [1.165, 1.54) is 31.6 Å². The molecule has 122 valence electrons. The largest absolute Gasteiger partial charge is 0.372 e. The molecule has 2 heterocycles. The van der Waals surface area contributed by atoms with Crippen LogP contribution in [0, 0.1) is 0 Å². The number of hydrogen-bond donors (Lipinski definition) is 1. The number of rotatable bonds is 6. The van der Waals surface area contributed by atoms with Crippen molar-refractivity contribution in [2.24, 2.45) is 0 Å². The molecule has 5 heteroatoms. The summed E-state index contributed by atoms with van der Waals surface area (Å²) < 4.78 is 0. The molecule has 0 unspecified atom stereocenters. The molecule has 3 rings (SSSR count). The fourth-order valence-electron chi connectivity index (χ4n) is 2.96. The van der Waals surface area contributed by atoms with Gasteiger partial charge in [-0.15, -0.1) is 0 Å². The minimum absolute atomic E-state index is 0.772. The SMILES string of the molecule is CCN(CC)c1nccc(Nc2ccc(N3CCCC3)cc2)n1. The second-order valence-electron chi connectivity index (χ2n) is 5.78. The van der Waals surface area contributed by atoms with Gasteiger partial charge in [-0.05, 0) is 57.0 Å². The Kier molecular flexibility index (Phi) is 4.95. The zero-order valence-corrected chi connectivity index (χ0v) is 14.0. The molecule has 0 spiro atoms. The number of benzene rings is 1. The molecular weight excluding hydrogens is 286 g/mol. The van der Waals surface area contributed by atoms with Gasteiger partial charge in [-0.3, -0.25) is 0 Å². The molecule has 1 N–H and O–H groups in total. The van der Waals surface area contributed by atoms with Gasteiger partial charge in [0.15, 0.2) is 0 Å². The normalized spacial score (nSPS) is 14.1. The summed E-state index contributed by atoms with van der Waals surface area (Å²) in [6.07, 6.45) is 4.41. The molecule has 1 aromatic carbocycles. The first-order valence-electron chi connectivity index (χ1n) is 8.50. The predicted molar refractivity (Wildman–Crippen MR) is 96.8 cm³/mol. The lowest BCUT2D eigenvalue weighted by atomic mass is 10.2. The standard InChI is InChI=1S/C18H25N5/c1-3-22(4-2)18-19-12-11-17(21-18)20-15-7-9-16(10-8-15)23-13-5-6-14-23/h7-12H,3-6,13-14H2,1-2H3,(H,19,20,21). The maximum Gasteiger partial charge on any atom is 0.227 e. The Balaban J connectivity index is 1.70. The Morgan fingerprint density at radius 2 is 1.74 bits per heavy atom. The summed E-state index contributed by atoms with van der Waals surface area (Å²) in [6.45, 7) is 8.39. The van der Waals surface area contributed by atoms with Crippen LogP contribution in [0.5, 0.6) is 0 Å². The molecule has 0 bridgehead atoms. The highest BCUT2D eigenvalue weighted by Gasteiger charge is 2.12. The van der Waals surface area contributed by atoms with Crippen molar-refractivity contribution in [3.05, 3.63) is 36.5 Å². The minimum Gasteiger partial charge on any atom is -0.372 e. The van der Waals surface area contributed by atoms with Crippen molar-refractivity contribution in [1.82, 2.24) is 9.97 Å². The van der Waals surface area contributed by atoms with E-state index in [4.69, 9.17) is 0 Å². The van der Waals surface area contributed by atoms with Crippen LogP contribution in [-0.2, 0) is 0 Å². The van der Waals surface area contributed by atoms with Crippen LogP contribution in [0.3, 0.4) is 0 Å².